The van der Waals surface area contributed by atoms with Gasteiger partial charge in [0.15, 0.2) is 11.5 Å². The Bertz CT molecular complexity index is 945. The lowest BCUT2D eigenvalue weighted by Gasteiger charge is -2.27. The maximum absolute atomic E-state index is 13.2. The molecule has 3 aromatic rings. The van der Waals surface area contributed by atoms with E-state index in [0.717, 1.165) is 11.1 Å². The van der Waals surface area contributed by atoms with Crippen LogP contribution in [0.3, 0.4) is 0 Å². The molecule has 1 aliphatic heterocycles. The molecule has 142 valence electrons. The first-order valence-corrected chi connectivity index (χ1v) is 9.20. The van der Waals surface area contributed by atoms with Crippen molar-refractivity contribution in [2.45, 2.75) is 12.6 Å². The van der Waals surface area contributed by atoms with Gasteiger partial charge < -0.3 is 14.8 Å². The van der Waals surface area contributed by atoms with Crippen LogP contribution in [0.15, 0.2) is 78.9 Å². The van der Waals surface area contributed by atoms with Gasteiger partial charge in [0, 0.05) is 18.3 Å². The standard InChI is InChI=1S/C23H22N2O3/c1-25(15-17-8-4-2-5-9-17)22(18-10-6-3-7-11-18)23(26)24-19-12-13-20-21(14-19)28-16-27-20/h2-14,22H,15-16H2,1H3,(H,24,26)/t22-/m1/s1. The van der Waals surface area contributed by atoms with Gasteiger partial charge in [0.1, 0.15) is 6.04 Å². The van der Waals surface area contributed by atoms with Crippen LogP contribution in [0.5, 0.6) is 11.5 Å². The number of nitrogens with zero attached hydrogens (tertiary/aromatic N) is 1. The topological polar surface area (TPSA) is 50.8 Å². The van der Waals surface area contributed by atoms with Gasteiger partial charge in [0.2, 0.25) is 12.7 Å². The van der Waals surface area contributed by atoms with E-state index in [4.69, 9.17) is 9.47 Å². The van der Waals surface area contributed by atoms with Crippen molar-refractivity contribution in [1.29, 1.82) is 0 Å². The van der Waals surface area contributed by atoms with Crippen molar-refractivity contribution < 1.29 is 14.3 Å². The minimum Gasteiger partial charge on any atom is -0.454 e. The van der Waals surface area contributed by atoms with Crippen LogP contribution in [0, 0.1) is 0 Å². The molecule has 1 aliphatic rings. The fraction of sp³-hybridized carbons (Fsp3) is 0.174. The van der Waals surface area contributed by atoms with E-state index >= 15 is 0 Å². The van der Waals surface area contributed by atoms with Crippen molar-refractivity contribution in [2.24, 2.45) is 0 Å². The molecule has 0 fully saturated rings. The minimum absolute atomic E-state index is 0.0940. The fourth-order valence-electron chi connectivity index (χ4n) is 3.39. The van der Waals surface area contributed by atoms with E-state index in [1.54, 1.807) is 6.07 Å². The largest absolute Gasteiger partial charge is 0.454 e. The second-order valence-electron chi connectivity index (χ2n) is 6.77. The SMILES string of the molecule is CN(Cc1ccccc1)[C@@H](C(=O)Nc1ccc2c(c1)OCO2)c1ccccc1. The van der Waals surface area contributed by atoms with Gasteiger partial charge in [-0.05, 0) is 30.3 Å². The average Bonchev–Trinajstić information content (AvgIpc) is 3.17. The van der Waals surface area contributed by atoms with Crippen molar-refractivity contribution in [3.05, 3.63) is 90.0 Å². The zero-order chi connectivity index (χ0) is 19.3. The van der Waals surface area contributed by atoms with Crippen molar-refractivity contribution in [3.8, 4) is 11.5 Å². The van der Waals surface area contributed by atoms with Crippen molar-refractivity contribution in [2.75, 3.05) is 19.2 Å². The number of carbonyl (C=O) groups excluding carboxylic acids is 1. The average molecular weight is 374 g/mol. The van der Waals surface area contributed by atoms with Crippen LogP contribution < -0.4 is 14.8 Å². The molecule has 0 saturated carbocycles. The maximum Gasteiger partial charge on any atom is 0.246 e. The molecule has 1 amide bonds. The molecular formula is C23H22N2O3. The van der Waals surface area contributed by atoms with E-state index in [0.29, 0.717) is 23.7 Å². The minimum atomic E-state index is -0.424. The molecule has 1 heterocycles. The molecule has 0 aromatic heterocycles. The van der Waals surface area contributed by atoms with Gasteiger partial charge in [0.05, 0.1) is 0 Å². The van der Waals surface area contributed by atoms with E-state index in [2.05, 4.69) is 17.4 Å². The molecule has 5 heteroatoms. The van der Waals surface area contributed by atoms with Gasteiger partial charge in [-0.3, -0.25) is 9.69 Å². The first-order chi connectivity index (χ1) is 13.7. The van der Waals surface area contributed by atoms with Gasteiger partial charge in [-0.2, -0.15) is 0 Å². The highest BCUT2D eigenvalue weighted by Gasteiger charge is 2.26. The molecular weight excluding hydrogens is 352 g/mol. The van der Waals surface area contributed by atoms with Gasteiger partial charge in [-0.1, -0.05) is 60.7 Å². The number of ether oxygens (including phenoxy) is 2. The van der Waals surface area contributed by atoms with E-state index in [-0.39, 0.29) is 12.7 Å². The lowest BCUT2D eigenvalue weighted by Crippen LogP contribution is -2.34. The van der Waals surface area contributed by atoms with Crippen LogP contribution in [0.2, 0.25) is 0 Å². The smallest absolute Gasteiger partial charge is 0.246 e. The molecule has 28 heavy (non-hydrogen) atoms. The molecule has 5 nitrogen and oxygen atoms in total. The third kappa shape index (κ3) is 4.00. The molecule has 0 radical (unpaired) electrons. The summed E-state index contributed by atoms with van der Waals surface area (Å²) in [7, 11) is 1.96. The highest BCUT2D eigenvalue weighted by atomic mass is 16.7. The summed E-state index contributed by atoms with van der Waals surface area (Å²) in [4.78, 5) is 15.3. The molecule has 0 saturated heterocycles. The van der Waals surface area contributed by atoms with Crippen molar-refractivity contribution >= 4 is 11.6 Å². The van der Waals surface area contributed by atoms with Crippen molar-refractivity contribution in [3.63, 3.8) is 0 Å². The second kappa shape index (κ2) is 8.15. The van der Waals surface area contributed by atoms with Crippen LogP contribution in [0.4, 0.5) is 5.69 Å². The lowest BCUT2D eigenvalue weighted by atomic mass is 10.0. The van der Waals surface area contributed by atoms with Crippen LogP contribution in [-0.2, 0) is 11.3 Å². The predicted octanol–water partition coefficient (Wildman–Crippen LogP) is 4.23. The Morgan fingerprint density at radius 3 is 2.39 bits per heavy atom. The number of fused-ring (bicyclic) bond motifs is 1. The number of anilines is 1. The predicted molar refractivity (Wildman–Crippen MR) is 108 cm³/mol. The number of amides is 1. The Balaban J connectivity index is 1.57. The molecule has 0 bridgehead atoms. The number of carbonyl (C=O) groups is 1. The summed E-state index contributed by atoms with van der Waals surface area (Å²) in [6, 6.07) is 24.9. The molecule has 1 N–H and O–H groups in total. The van der Waals surface area contributed by atoms with Crippen LogP contribution in [0.1, 0.15) is 17.2 Å². The molecule has 0 unspecified atom stereocenters. The third-order valence-electron chi connectivity index (χ3n) is 4.72. The highest BCUT2D eigenvalue weighted by Crippen LogP contribution is 2.34. The molecule has 0 spiro atoms. The van der Waals surface area contributed by atoms with Gasteiger partial charge in [-0.25, -0.2) is 0 Å². The fourth-order valence-corrected chi connectivity index (χ4v) is 3.39. The Hall–Kier alpha value is -3.31. The lowest BCUT2D eigenvalue weighted by molar-refractivity contribution is -0.121. The van der Waals surface area contributed by atoms with Crippen molar-refractivity contribution in [1.82, 2.24) is 4.90 Å². The zero-order valence-corrected chi connectivity index (χ0v) is 15.7. The first kappa shape index (κ1) is 18.1. The number of likely N-dealkylation sites (N-methyl/N-ethyl adjacent to an activating group) is 1. The molecule has 0 aliphatic carbocycles. The third-order valence-corrected chi connectivity index (χ3v) is 4.72. The number of hydrogen-bond donors (Lipinski definition) is 1. The summed E-state index contributed by atoms with van der Waals surface area (Å²) < 4.78 is 10.7. The van der Waals surface area contributed by atoms with Crippen LogP contribution in [-0.4, -0.2) is 24.6 Å². The summed E-state index contributed by atoms with van der Waals surface area (Å²) >= 11 is 0. The molecule has 4 rings (SSSR count). The van der Waals surface area contributed by atoms with E-state index < -0.39 is 6.04 Å². The Morgan fingerprint density at radius 1 is 0.964 bits per heavy atom. The van der Waals surface area contributed by atoms with E-state index in [1.165, 1.54) is 0 Å². The van der Waals surface area contributed by atoms with E-state index in [9.17, 15) is 4.79 Å². The van der Waals surface area contributed by atoms with Gasteiger partial charge in [0.25, 0.3) is 0 Å². The highest BCUT2D eigenvalue weighted by molar-refractivity contribution is 5.95. The monoisotopic (exact) mass is 374 g/mol. The summed E-state index contributed by atoms with van der Waals surface area (Å²) in [5.41, 5.74) is 2.78. The number of rotatable bonds is 6. The van der Waals surface area contributed by atoms with Gasteiger partial charge >= 0.3 is 0 Å². The summed E-state index contributed by atoms with van der Waals surface area (Å²) in [5.74, 6) is 1.24. The Morgan fingerprint density at radius 2 is 1.64 bits per heavy atom. The quantitative estimate of drug-likeness (QED) is 0.702. The Labute approximate surface area is 164 Å². The normalized spacial score (nSPS) is 13.4. The van der Waals surface area contributed by atoms with Crippen LogP contribution >= 0.6 is 0 Å². The number of nitrogens with one attached hydrogen (secondary N) is 1. The maximum atomic E-state index is 13.2. The summed E-state index contributed by atoms with van der Waals surface area (Å²) in [6.45, 7) is 0.869. The zero-order valence-electron chi connectivity index (χ0n) is 15.7. The van der Waals surface area contributed by atoms with Crippen LogP contribution in [0.25, 0.3) is 0 Å². The first-order valence-electron chi connectivity index (χ1n) is 9.20. The summed E-state index contributed by atoms with van der Waals surface area (Å²) in [5, 5.41) is 3.02. The number of hydrogen-bond acceptors (Lipinski definition) is 4. The van der Waals surface area contributed by atoms with E-state index in [1.807, 2.05) is 72.6 Å². The summed E-state index contributed by atoms with van der Waals surface area (Å²) in [6.07, 6.45) is 0. The molecule has 3 aromatic carbocycles. The van der Waals surface area contributed by atoms with Gasteiger partial charge in [-0.15, -0.1) is 0 Å². The number of benzene rings is 3. The second-order valence-corrected chi connectivity index (χ2v) is 6.77. The molecule has 1 atom stereocenters. The Kier molecular flexibility index (Phi) is 5.26.